The van der Waals surface area contributed by atoms with Crippen LogP contribution in [0, 0.1) is 5.92 Å². The maximum Gasteiger partial charge on any atom is 0.334 e. The molecule has 2 aromatic carbocycles. The van der Waals surface area contributed by atoms with Crippen LogP contribution in [-0.4, -0.2) is 199 Å². The van der Waals surface area contributed by atoms with E-state index in [9.17, 15) is 92.7 Å². The van der Waals surface area contributed by atoms with E-state index in [1.165, 1.54) is 87.6 Å². The highest BCUT2D eigenvalue weighted by Gasteiger charge is 2.41. The molecule has 0 aliphatic carbocycles. The molecule has 1 saturated heterocycles. The van der Waals surface area contributed by atoms with E-state index in [0.29, 0.717) is 18.4 Å². The second-order valence-corrected chi connectivity index (χ2v) is 26.9. The van der Waals surface area contributed by atoms with Crippen molar-refractivity contribution in [2.24, 2.45) is 17.4 Å². The Balaban J connectivity index is 1.74. The molecule has 11 amide bonds. The third kappa shape index (κ3) is 31.1. The molecule has 3 aliphatic heterocycles. The molecule has 2 bridgehead atoms. The Morgan fingerprint density at radius 1 is 0.612 bits per heavy atom. The number of nitrogens with one attached hydrogen (secondary N) is 9. The number of phenolic OH excluding ortho intramolecular Hbond substituents is 1. The molecule has 0 aromatic heterocycles. The lowest BCUT2D eigenvalue weighted by Gasteiger charge is -2.30. The number of nitrogens with two attached hydrogens (primary N) is 2. The summed E-state index contributed by atoms with van der Waals surface area (Å²) in [5.74, 6) is -15.5. The highest BCUT2D eigenvalue weighted by molar-refractivity contribution is 5.99. The molecule has 3 aliphatic rings. The summed E-state index contributed by atoms with van der Waals surface area (Å²) in [5.41, 5.74) is 12.0. The van der Waals surface area contributed by atoms with Gasteiger partial charge in [-0.3, -0.25) is 62.3 Å². The highest BCUT2D eigenvalue weighted by atomic mass is 16.5. The Morgan fingerprint density at radius 2 is 1.17 bits per heavy atom. The molecular weight excluding hydrogens is 1340 g/mol. The fourth-order valence-electron chi connectivity index (χ4n) is 11.9. The van der Waals surface area contributed by atoms with Crippen molar-refractivity contribution >= 4 is 82.9 Å². The monoisotopic (exact) mass is 1450 g/mol. The number of aromatic hydroxyl groups is 1. The number of benzene rings is 2. The van der Waals surface area contributed by atoms with E-state index in [1.807, 2.05) is 0 Å². The Bertz CT molecular complexity index is 3170. The summed E-state index contributed by atoms with van der Waals surface area (Å²) in [4.78, 5) is 194. The number of hydrogen-bond donors (Lipinski definition) is 16. The Hall–Kier alpha value is -9.30. The van der Waals surface area contributed by atoms with Crippen LogP contribution in [-0.2, 0) is 80.0 Å². The summed E-state index contributed by atoms with van der Waals surface area (Å²) < 4.78 is 5.76. The Kier molecular flexibility index (Phi) is 37.6. The second-order valence-electron chi connectivity index (χ2n) is 26.9. The van der Waals surface area contributed by atoms with Gasteiger partial charge in [-0.05, 0) is 113 Å². The SMILES string of the molecule is CCCCCCCCCCCCCC(O)CC(=O)N[C@@H](CCC(=O)O)C(=O)N[C@@H](CCCN)C(=O)N[C@H]1Cc2ccc(cc2)OC(=O)[C@H](C(C)C)NC(=O)[C@H](Cc2ccc(O)cc2)NC(=O)[C@H](CCC(N)=O)NC(=O)[C@@H]2CCCN2C(=O)[C@H](C)NC(=O)[C@H](CCC(=O)O)NC(=O)[C@H]([C@@H](C)O)NC1=O. The van der Waals surface area contributed by atoms with Crippen LogP contribution in [0.15, 0.2) is 48.5 Å². The van der Waals surface area contributed by atoms with Gasteiger partial charge in [0.2, 0.25) is 65.0 Å². The van der Waals surface area contributed by atoms with Gasteiger partial charge in [0.15, 0.2) is 0 Å². The lowest BCUT2D eigenvalue weighted by molar-refractivity contribution is -0.143. The normalized spacial score (nSPS) is 21.8. The summed E-state index contributed by atoms with van der Waals surface area (Å²) >= 11 is 0. The molecule has 32 heteroatoms. The average Bonchev–Trinajstić information content (AvgIpc) is 1.75. The summed E-state index contributed by atoms with van der Waals surface area (Å²) in [5, 5.41) is 73.9. The number of carboxylic acids is 2. The number of aliphatic hydroxyl groups excluding tert-OH is 2. The molecule has 0 radical (unpaired) electrons. The number of aliphatic carboxylic acids is 2. The number of carboxylic acid groups (broad SMARTS) is 2. The van der Waals surface area contributed by atoms with Crippen LogP contribution in [0.25, 0.3) is 0 Å². The molecule has 2 aromatic rings. The molecule has 0 saturated carbocycles. The zero-order valence-electron chi connectivity index (χ0n) is 59.7. The number of phenols is 1. The van der Waals surface area contributed by atoms with Gasteiger partial charge in [0.25, 0.3) is 0 Å². The van der Waals surface area contributed by atoms with E-state index in [0.717, 1.165) is 43.9 Å². The van der Waals surface area contributed by atoms with E-state index >= 15 is 0 Å². The second kappa shape index (κ2) is 44.9. The number of esters is 1. The minimum absolute atomic E-state index is 0.0224. The first-order valence-electron chi connectivity index (χ1n) is 35.8. The fourth-order valence-corrected chi connectivity index (χ4v) is 11.9. The van der Waals surface area contributed by atoms with Gasteiger partial charge in [-0.15, -0.1) is 0 Å². The van der Waals surface area contributed by atoms with Crippen molar-refractivity contribution in [2.75, 3.05) is 13.1 Å². The predicted molar refractivity (Wildman–Crippen MR) is 374 cm³/mol. The van der Waals surface area contributed by atoms with Gasteiger partial charge in [0.1, 0.15) is 71.9 Å². The van der Waals surface area contributed by atoms with Crippen molar-refractivity contribution < 1.29 is 97.4 Å². The van der Waals surface area contributed by atoms with Gasteiger partial charge in [-0.1, -0.05) is 116 Å². The molecule has 0 spiro atoms. The molecule has 12 atom stereocenters. The van der Waals surface area contributed by atoms with E-state index in [-0.39, 0.29) is 62.3 Å². The van der Waals surface area contributed by atoms with Gasteiger partial charge in [0.05, 0.1) is 18.6 Å². The lowest BCUT2D eigenvalue weighted by atomic mass is 10.0. The van der Waals surface area contributed by atoms with Crippen LogP contribution in [0.4, 0.5) is 0 Å². The van der Waals surface area contributed by atoms with Crippen molar-refractivity contribution in [3.63, 3.8) is 0 Å². The molecule has 103 heavy (non-hydrogen) atoms. The van der Waals surface area contributed by atoms with Crippen LogP contribution >= 0.6 is 0 Å². The number of hydrogen-bond acceptors (Lipinski definition) is 19. The zero-order chi connectivity index (χ0) is 76.3. The van der Waals surface area contributed by atoms with Crippen LogP contribution in [0.1, 0.15) is 193 Å². The van der Waals surface area contributed by atoms with Gasteiger partial charge in [-0.2, -0.15) is 0 Å². The van der Waals surface area contributed by atoms with Crippen LogP contribution in [0.5, 0.6) is 11.5 Å². The number of aliphatic hydroxyl groups is 2. The molecule has 3 heterocycles. The van der Waals surface area contributed by atoms with Gasteiger partial charge >= 0.3 is 17.9 Å². The van der Waals surface area contributed by atoms with Crippen molar-refractivity contribution in [3.8, 4) is 11.5 Å². The summed E-state index contributed by atoms with van der Waals surface area (Å²) in [6.07, 6.45) is 5.04. The molecule has 18 N–H and O–H groups in total. The van der Waals surface area contributed by atoms with Gasteiger partial charge in [0, 0.05) is 38.6 Å². The fraction of sp³-hybridized carbons (Fsp3) is 0.634. The molecule has 32 nitrogen and oxygen atoms in total. The Morgan fingerprint density at radius 3 is 1.75 bits per heavy atom. The molecule has 5 rings (SSSR count). The van der Waals surface area contributed by atoms with E-state index in [2.05, 4.69) is 54.8 Å². The topological polar surface area (TPSA) is 513 Å². The largest absolute Gasteiger partial charge is 0.508 e. The molecular formula is C71H108N12O20. The number of nitrogens with zero attached hydrogens (tertiary/aromatic N) is 1. The molecule has 572 valence electrons. The van der Waals surface area contributed by atoms with E-state index < -0.39 is 213 Å². The van der Waals surface area contributed by atoms with Gasteiger partial charge in [-0.25, -0.2) is 4.79 Å². The minimum atomic E-state index is -1.98. The van der Waals surface area contributed by atoms with Crippen molar-refractivity contribution in [2.45, 2.75) is 268 Å². The number of rotatable bonds is 35. The van der Waals surface area contributed by atoms with Crippen LogP contribution in [0.2, 0.25) is 0 Å². The molecule has 1 unspecified atom stereocenters. The number of primary amides is 1. The Labute approximate surface area is 600 Å². The van der Waals surface area contributed by atoms with Crippen LogP contribution < -0.4 is 64.1 Å². The highest BCUT2D eigenvalue weighted by Crippen LogP contribution is 2.22. The molecule has 1 fully saturated rings. The summed E-state index contributed by atoms with van der Waals surface area (Å²) in [6, 6.07) is -4.94. The number of carbonyl (C=O) groups is 14. The zero-order valence-corrected chi connectivity index (χ0v) is 59.7. The average molecular weight is 1450 g/mol. The maximum atomic E-state index is 14.8. The quantitative estimate of drug-likeness (QED) is 0.0195. The number of unbranched alkanes of at least 4 members (excludes halogenated alkanes) is 10. The van der Waals surface area contributed by atoms with E-state index in [1.54, 1.807) is 13.8 Å². The standard InChI is InChI=1S/C71H108N12O20/c1-6-7-8-9-10-11-12-13-14-15-16-19-47(86)40-57(88)75-50(31-34-58(89)90)64(95)76-49(20-17-36-72)63(94)79-54-39-45-24-28-48(29-25-45)103-71(102)60(41(2)3)81-66(97)53(38-44-22-26-46(85)27-23-44)80-65(96)51(30-33-56(73)87)77-68(99)55-21-18-37-83(55)70(101)42(4)74-62(93)52(32-35-59(91)92)78-69(100)61(43(5)84)82-67(54)98/h22-29,41-43,47,49-55,60-61,84-86H,6-21,30-40,72H2,1-5H3,(H2,73,87)(H,74,93)(H,75,88)(H,76,95)(H,77,99)(H,78,100)(H,79,94)(H,80,96)(H,81,97)(H,82,98)(H,89,90)(H,91,92)/t42-,43+,47?,49-,50-,51-,52-,53-,54-,55-,60-,61-/m0/s1. The van der Waals surface area contributed by atoms with Crippen molar-refractivity contribution in [1.29, 1.82) is 0 Å². The maximum absolute atomic E-state index is 14.8. The van der Waals surface area contributed by atoms with Crippen molar-refractivity contribution in [3.05, 3.63) is 59.7 Å². The smallest absolute Gasteiger partial charge is 0.334 e. The van der Waals surface area contributed by atoms with Gasteiger partial charge < -0.3 is 94.5 Å². The third-order valence-corrected chi connectivity index (χ3v) is 17.9. The predicted octanol–water partition coefficient (Wildman–Crippen LogP) is 0.693. The summed E-state index contributed by atoms with van der Waals surface area (Å²) in [7, 11) is 0. The first-order valence-corrected chi connectivity index (χ1v) is 35.8. The first kappa shape index (κ1) is 86.1. The number of ether oxygens (including phenoxy) is 1. The number of amides is 11. The summed E-state index contributed by atoms with van der Waals surface area (Å²) in [6.45, 7) is 7.62. The van der Waals surface area contributed by atoms with E-state index in [4.69, 9.17) is 16.2 Å². The minimum Gasteiger partial charge on any atom is -0.508 e. The first-order chi connectivity index (χ1) is 48.9. The number of fused-ring (bicyclic) bond motifs is 23. The number of carbonyl (C=O) groups excluding carboxylic acids is 12. The lowest BCUT2D eigenvalue weighted by Crippen LogP contribution is -2.62. The third-order valence-electron chi connectivity index (χ3n) is 17.9. The van der Waals surface area contributed by atoms with Crippen molar-refractivity contribution in [1.82, 2.24) is 52.8 Å². The van der Waals surface area contributed by atoms with Crippen LogP contribution in [0.3, 0.4) is 0 Å².